The quantitative estimate of drug-likeness (QED) is 0.155. The Morgan fingerprint density at radius 3 is 2.08 bits per heavy atom. The lowest BCUT2D eigenvalue weighted by Crippen LogP contribution is -2.39. The first-order chi connectivity index (χ1) is 23.9. The lowest BCUT2D eigenvalue weighted by Gasteiger charge is -2.27. The number of hydrogen-bond donors (Lipinski definition) is 2. The first-order valence-corrected chi connectivity index (χ1v) is 16.8. The van der Waals surface area contributed by atoms with Crippen molar-refractivity contribution in [2.75, 3.05) is 13.1 Å². The summed E-state index contributed by atoms with van der Waals surface area (Å²) in [6.45, 7) is 6.76. The van der Waals surface area contributed by atoms with E-state index in [1.165, 1.54) is 11.8 Å². The lowest BCUT2D eigenvalue weighted by molar-refractivity contribution is -0.131. The third-order valence-electron chi connectivity index (χ3n) is 8.50. The van der Waals surface area contributed by atoms with Crippen LogP contribution in [0.25, 0.3) is 33.6 Å². The van der Waals surface area contributed by atoms with Gasteiger partial charge in [-0.15, -0.1) is 0 Å². The maximum absolute atomic E-state index is 14.6. The van der Waals surface area contributed by atoms with Crippen LogP contribution in [0.5, 0.6) is 0 Å². The summed E-state index contributed by atoms with van der Waals surface area (Å²) in [5, 5.41) is 0. The molecule has 260 valence electrons. The largest absolute Gasteiger partial charge is 0.444 e. The van der Waals surface area contributed by atoms with Gasteiger partial charge in [-0.3, -0.25) is 9.69 Å². The molecule has 5 aromatic rings. The number of halogens is 2. The molecule has 6 rings (SSSR count). The van der Waals surface area contributed by atoms with Crippen molar-refractivity contribution in [1.29, 1.82) is 0 Å². The van der Waals surface area contributed by atoms with Gasteiger partial charge in [-0.05, 0) is 55.5 Å². The number of carbonyl (C=O) groups excluding carboxylic acids is 2. The van der Waals surface area contributed by atoms with Crippen LogP contribution in [0, 0.1) is 0 Å². The lowest BCUT2D eigenvalue weighted by atomic mass is 10.0. The maximum Gasteiger partial charge on any atom is 0.410 e. The van der Waals surface area contributed by atoms with Gasteiger partial charge in [0.15, 0.2) is 0 Å². The summed E-state index contributed by atoms with van der Waals surface area (Å²) in [7, 11) is 0. The second-order valence-electron chi connectivity index (χ2n) is 13.8. The van der Waals surface area contributed by atoms with Crippen molar-refractivity contribution in [3.8, 4) is 33.6 Å². The van der Waals surface area contributed by atoms with E-state index >= 15 is 0 Å². The zero-order valence-corrected chi connectivity index (χ0v) is 28.7. The number of hydrogen-bond acceptors (Lipinski definition) is 5. The normalized spacial score (nSPS) is 16.7. The Bertz CT molecular complexity index is 1900. The van der Waals surface area contributed by atoms with Crippen molar-refractivity contribution in [2.24, 2.45) is 0 Å². The van der Waals surface area contributed by atoms with Gasteiger partial charge in [0.05, 0.1) is 55.9 Å². The van der Waals surface area contributed by atoms with Crippen LogP contribution in [0.4, 0.5) is 13.6 Å². The Morgan fingerprint density at radius 2 is 1.48 bits per heavy atom. The van der Waals surface area contributed by atoms with Crippen molar-refractivity contribution in [3.63, 3.8) is 0 Å². The third-order valence-corrected chi connectivity index (χ3v) is 8.50. The molecule has 2 aromatic heterocycles. The molecule has 0 bridgehead atoms. The summed E-state index contributed by atoms with van der Waals surface area (Å²) in [4.78, 5) is 44.2. The number of amides is 2. The van der Waals surface area contributed by atoms with Gasteiger partial charge in [-0.1, -0.05) is 78.9 Å². The van der Waals surface area contributed by atoms with Crippen molar-refractivity contribution >= 4 is 12.0 Å². The number of likely N-dealkylation sites (tertiary alicyclic amines) is 1. The fourth-order valence-electron chi connectivity index (χ4n) is 6.13. The molecular formula is C39H42F2N6O3. The van der Waals surface area contributed by atoms with E-state index in [0.717, 1.165) is 39.2 Å². The second kappa shape index (κ2) is 14.7. The minimum atomic E-state index is -1.22. The summed E-state index contributed by atoms with van der Waals surface area (Å²) in [5.74, 6) is 0.991. The number of nitrogens with zero attached hydrogens (tertiary/aromatic N) is 4. The number of H-pyrrole nitrogens is 2. The van der Waals surface area contributed by atoms with Gasteiger partial charge in [0.2, 0.25) is 5.91 Å². The number of nitrogens with one attached hydrogen (secondary N) is 2. The van der Waals surface area contributed by atoms with Crippen LogP contribution in [-0.2, 0) is 22.5 Å². The average Bonchev–Trinajstić information content (AvgIpc) is 3.84. The monoisotopic (exact) mass is 680 g/mol. The standard InChI is InChI=1S/C39H42F2N6O3/c1-25(40)22-46(38(49)50-39(2,3)4)24-35-42-20-32(44-35)29-14-10-27(11-15-29)28-12-16-30(17-13-28)33-21-43-37(45-33)34-19-31(41)23-47(34)36(48)18-26-8-6-5-7-9-26/h5-17,20-21,25,31,34H,18-19,22-24H2,1-4H3,(H,42,44)(H,43,45)/t25-,31-,34-/m0/s1. The number of alkyl halides is 2. The van der Waals surface area contributed by atoms with Crippen LogP contribution >= 0.6 is 0 Å². The van der Waals surface area contributed by atoms with Gasteiger partial charge >= 0.3 is 6.09 Å². The first-order valence-electron chi connectivity index (χ1n) is 16.8. The summed E-state index contributed by atoms with van der Waals surface area (Å²) in [6.07, 6.45) is 0.954. The number of aromatic nitrogens is 4. The smallest absolute Gasteiger partial charge is 0.410 e. The van der Waals surface area contributed by atoms with Crippen LogP contribution < -0.4 is 0 Å². The number of carbonyl (C=O) groups is 2. The Hall–Kier alpha value is -5.32. The first kappa shape index (κ1) is 34.5. The number of rotatable bonds is 10. The molecule has 2 N–H and O–H groups in total. The Balaban J connectivity index is 1.10. The number of aromatic amines is 2. The SMILES string of the molecule is C[C@H](F)CN(Cc1ncc(-c2ccc(-c3ccc(-c4cnc([C@@H]5C[C@H](F)CN5C(=O)Cc5ccccc5)[nH]4)cc3)cc2)[nH]1)C(=O)OC(C)(C)C. The molecule has 2 amide bonds. The molecule has 1 aliphatic heterocycles. The molecule has 0 aliphatic carbocycles. The van der Waals surface area contributed by atoms with Gasteiger partial charge < -0.3 is 19.6 Å². The Kier molecular flexibility index (Phi) is 10.1. The minimum absolute atomic E-state index is 0.0634. The molecule has 1 fully saturated rings. The molecule has 3 aromatic carbocycles. The zero-order chi connectivity index (χ0) is 35.4. The molecule has 0 radical (unpaired) electrons. The van der Waals surface area contributed by atoms with E-state index < -0.39 is 30.1 Å². The van der Waals surface area contributed by atoms with Gasteiger partial charge in [-0.2, -0.15) is 0 Å². The predicted octanol–water partition coefficient (Wildman–Crippen LogP) is 8.08. The maximum atomic E-state index is 14.6. The summed E-state index contributed by atoms with van der Waals surface area (Å²) < 4.78 is 33.9. The van der Waals surface area contributed by atoms with Crippen molar-refractivity contribution in [1.82, 2.24) is 29.7 Å². The van der Waals surface area contributed by atoms with Crippen LogP contribution in [-0.4, -0.2) is 72.8 Å². The number of benzene rings is 3. The highest BCUT2D eigenvalue weighted by molar-refractivity contribution is 5.79. The molecule has 9 nitrogen and oxygen atoms in total. The van der Waals surface area contributed by atoms with E-state index in [1.54, 1.807) is 38.1 Å². The highest BCUT2D eigenvalue weighted by Gasteiger charge is 2.38. The molecular weight excluding hydrogens is 638 g/mol. The van der Waals surface area contributed by atoms with E-state index in [0.29, 0.717) is 11.6 Å². The number of imidazole rings is 2. The van der Waals surface area contributed by atoms with E-state index in [4.69, 9.17) is 4.74 Å². The van der Waals surface area contributed by atoms with Crippen LogP contribution in [0.2, 0.25) is 0 Å². The summed E-state index contributed by atoms with van der Waals surface area (Å²) in [6, 6.07) is 25.1. The zero-order valence-electron chi connectivity index (χ0n) is 28.7. The predicted molar refractivity (Wildman–Crippen MR) is 188 cm³/mol. The number of ether oxygens (including phenoxy) is 1. The van der Waals surface area contributed by atoms with E-state index in [2.05, 4.69) is 19.9 Å². The average molecular weight is 681 g/mol. The van der Waals surface area contributed by atoms with Gasteiger partial charge in [-0.25, -0.2) is 23.5 Å². The Labute approximate surface area is 290 Å². The third kappa shape index (κ3) is 8.45. The Morgan fingerprint density at radius 1 is 0.900 bits per heavy atom. The molecule has 3 atom stereocenters. The van der Waals surface area contributed by atoms with E-state index in [-0.39, 0.29) is 38.4 Å². The van der Waals surface area contributed by atoms with Crippen molar-refractivity contribution in [3.05, 3.63) is 108 Å². The summed E-state index contributed by atoms with van der Waals surface area (Å²) in [5.41, 5.74) is 5.64. The van der Waals surface area contributed by atoms with Crippen LogP contribution in [0.15, 0.2) is 91.3 Å². The fraction of sp³-hybridized carbons (Fsp3) is 0.333. The highest BCUT2D eigenvalue weighted by Crippen LogP contribution is 2.34. The van der Waals surface area contributed by atoms with Gasteiger partial charge in [0, 0.05) is 6.42 Å². The minimum Gasteiger partial charge on any atom is -0.444 e. The molecule has 0 spiro atoms. The molecule has 1 saturated heterocycles. The van der Waals surface area contributed by atoms with Gasteiger partial charge in [0.25, 0.3) is 0 Å². The van der Waals surface area contributed by atoms with Crippen molar-refractivity contribution in [2.45, 2.75) is 71.1 Å². The molecule has 0 saturated carbocycles. The molecule has 11 heteroatoms. The molecule has 0 unspecified atom stereocenters. The van der Waals surface area contributed by atoms with Crippen LogP contribution in [0.1, 0.15) is 57.4 Å². The highest BCUT2D eigenvalue weighted by atomic mass is 19.1. The van der Waals surface area contributed by atoms with E-state index in [1.807, 2.05) is 78.9 Å². The molecule has 50 heavy (non-hydrogen) atoms. The van der Waals surface area contributed by atoms with Gasteiger partial charge in [0.1, 0.15) is 29.6 Å². The van der Waals surface area contributed by atoms with Crippen LogP contribution in [0.3, 0.4) is 0 Å². The molecule has 3 heterocycles. The topological polar surface area (TPSA) is 107 Å². The second-order valence-corrected chi connectivity index (χ2v) is 13.8. The summed E-state index contributed by atoms with van der Waals surface area (Å²) >= 11 is 0. The fourth-order valence-corrected chi connectivity index (χ4v) is 6.13. The molecule has 1 aliphatic rings. The van der Waals surface area contributed by atoms with Crippen molar-refractivity contribution < 1.29 is 23.1 Å². The van der Waals surface area contributed by atoms with E-state index in [9.17, 15) is 18.4 Å².